The summed E-state index contributed by atoms with van der Waals surface area (Å²) in [7, 11) is 0. The number of ether oxygens (including phenoxy) is 2. The van der Waals surface area contributed by atoms with E-state index in [4.69, 9.17) is 4.74 Å². The average Bonchev–Trinajstić information content (AvgIpc) is 2.84. The Kier molecular flexibility index (Phi) is 9.44. The zero-order chi connectivity index (χ0) is 24.7. The van der Waals surface area contributed by atoms with E-state index in [0.717, 1.165) is 26.2 Å². The van der Waals surface area contributed by atoms with Crippen LogP contribution >= 0.6 is 12.4 Å². The SMILES string of the molecule is Cl.O=C(OCCN1CCN(c2ccccc2)CC1)c1ccccc1Nc1cccc(OC(F)(F)F)c1. The monoisotopic (exact) mass is 521 g/mol. The predicted octanol–water partition coefficient (Wildman–Crippen LogP) is 5.73. The molecule has 0 aromatic heterocycles. The molecule has 36 heavy (non-hydrogen) atoms. The zero-order valence-corrected chi connectivity index (χ0v) is 20.2. The predicted molar refractivity (Wildman–Crippen MR) is 135 cm³/mol. The van der Waals surface area contributed by atoms with Gasteiger partial charge >= 0.3 is 12.3 Å². The summed E-state index contributed by atoms with van der Waals surface area (Å²) >= 11 is 0. The average molecular weight is 522 g/mol. The van der Waals surface area contributed by atoms with Crippen LogP contribution in [0.3, 0.4) is 0 Å². The Morgan fingerprint density at radius 3 is 2.31 bits per heavy atom. The van der Waals surface area contributed by atoms with Gasteiger partial charge in [-0.3, -0.25) is 4.90 Å². The van der Waals surface area contributed by atoms with Crippen molar-refractivity contribution in [2.24, 2.45) is 0 Å². The van der Waals surface area contributed by atoms with Gasteiger partial charge < -0.3 is 19.7 Å². The summed E-state index contributed by atoms with van der Waals surface area (Å²) in [5.74, 6) is -0.853. The number of carbonyl (C=O) groups is 1. The summed E-state index contributed by atoms with van der Waals surface area (Å²) in [5, 5.41) is 2.98. The van der Waals surface area contributed by atoms with Crippen LogP contribution in [-0.4, -0.2) is 56.6 Å². The fourth-order valence-corrected chi connectivity index (χ4v) is 3.91. The number of nitrogens with one attached hydrogen (secondary N) is 1. The number of esters is 1. The smallest absolute Gasteiger partial charge is 0.461 e. The molecule has 0 saturated carbocycles. The second-order valence-corrected chi connectivity index (χ2v) is 8.05. The number of piperazine rings is 1. The Morgan fingerprint density at radius 2 is 1.58 bits per heavy atom. The summed E-state index contributed by atoms with van der Waals surface area (Å²) in [6, 6.07) is 22.4. The number of hydrogen-bond acceptors (Lipinski definition) is 6. The van der Waals surface area contributed by atoms with E-state index >= 15 is 0 Å². The van der Waals surface area contributed by atoms with E-state index in [2.05, 4.69) is 32.0 Å². The van der Waals surface area contributed by atoms with Crippen LogP contribution in [0, 0.1) is 0 Å². The first-order valence-corrected chi connectivity index (χ1v) is 11.3. The quantitative estimate of drug-likeness (QED) is 0.382. The van der Waals surface area contributed by atoms with Crippen LogP contribution in [0.15, 0.2) is 78.9 Å². The topological polar surface area (TPSA) is 54.0 Å². The molecule has 0 atom stereocenters. The first kappa shape index (κ1) is 27.2. The number of halogens is 4. The molecule has 0 aliphatic carbocycles. The molecule has 1 fully saturated rings. The first-order chi connectivity index (χ1) is 16.9. The lowest BCUT2D eigenvalue weighted by molar-refractivity contribution is -0.274. The maximum Gasteiger partial charge on any atom is 0.573 e. The molecule has 1 N–H and O–H groups in total. The first-order valence-electron chi connectivity index (χ1n) is 11.3. The van der Waals surface area contributed by atoms with Crippen molar-refractivity contribution in [3.8, 4) is 5.75 Å². The molecule has 3 aromatic rings. The fourth-order valence-electron chi connectivity index (χ4n) is 3.91. The number of alkyl halides is 3. The fraction of sp³-hybridized carbons (Fsp3) is 0.269. The maximum atomic E-state index is 12.7. The Bertz CT molecular complexity index is 1120. The third-order valence-electron chi connectivity index (χ3n) is 5.63. The van der Waals surface area contributed by atoms with Gasteiger partial charge in [-0.25, -0.2) is 4.79 Å². The summed E-state index contributed by atoms with van der Waals surface area (Å²) in [5.41, 5.74) is 2.28. The van der Waals surface area contributed by atoms with E-state index in [1.807, 2.05) is 18.2 Å². The van der Waals surface area contributed by atoms with Gasteiger partial charge in [-0.05, 0) is 36.4 Å². The third kappa shape index (κ3) is 7.79. The Hall–Kier alpha value is -3.43. The molecular formula is C26H27ClF3N3O3. The van der Waals surface area contributed by atoms with Gasteiger partial charge in [0.2, 0.25) is 0 Å². The third-order valence-corrected chi connectivity index (χ3v) is 5.63. The van der Waals surface area contributed by atoms with E-state index in [1.165, 1.54) is 23.9 Å². The van der Waals surface area contributed by atoms with Crippen molar-refractivity contribution in [3.05, 3.63) is 84.4 Å². The molecule has 0 radical (unpaired) electrons. The van der Waals surface area contributed by atoms with Crippen LogP contribution < -0.4 is 15.0 Å². The van der Waals surface area contributed by atoms with Crippen LogP contribution in [0.4, 0.5) is 30.2 Å². The van der Waals surface area contributed by atoms with E-state index < -0.39 is 12.3 Å². The molecule has 192 valence electrons. The van der Waals surface area contributed by atoms with E-state index in [1.54, 1.807) is 30.3 Å². The standard InChI is InChI=1S/C26H26F3N3O3.ClH/c27-26(28,29)35-22-10-6-7-20(19-22)30-24-12-5-4-11-23(24)25(33)34-18-17-31-13-15-32(16-14-31)21-8-2-1-3-9-21;/h1-12,19,30H,13-18H2;1H. The van der Waals surface area contributed by atoms with Crippen molar-refractivity contribution in [1.29, 1.82) is 0 Å². The van der Waals surface area contributed by atoms with Gasteiger partial charge in [0.25, 0.3) is 0 Å². The van der Waals surface area contributed by atoms with Crippen molar-refractivity contribution in [2.75, 3.05) is 49.5 Å². The Morgan fingerprint density at radius 1 is 0.889 bits per heavy atom. The molecule has 3 aromatic carbocycles. The number of para-hydroxylation sites is 2. The lowest BCUT2D eigenvalue weighted by Crippen LogP contribution is -2.47. The van der Waals surface area contributed by atoms with E-state index in [9.17, 15) is 18.0 Å². The highest BCUT2D eigenvalue weighted by Crippen LogP contribution is 2.28. The lowest BCUT2D eigenvalue weighted by atomic mass is 10.1. The van der Waals surface area contributed by atoms with Crippen molar-refractivity contribution in [3.63, 3.8) is 0 Å². The molecule has 4 rings (SSSR count). The molecule has 1 aliphatic heterocycles. The zero-order valence-electron chi connectivity index (χ0n) is 19.4. The van der Waals surface area contributed by atoms with Gasteiger partial charge in [-0.1, -0.05) is 36.4 Å². The van der Waals surface area contributed by atoms with Crippen molar-refractivity contribution in [2.45, 2.75) is 6.36 Å². The number of rotatable bonds is 8. The van der Waals surface area contributed by atoms with Crippen LogP contribution in [-0.2, 0) is 4.74 Å². The Balaban J connectivity index is 0.00000361. The maximum absolute atomic E-state index is 12.7. The number of hydrogen-bond donors (Lipinski definition) is 1. The molecule has 1 heterocycles. The van der Waals surface area contributed by atoms with Crippen LogP contribution in [0.2, 0.25) is 0 Å². The molecule has 1 aliphatic rings. The summed E-state index contributed by atoms with van der Waals surface area (Å²) in [4.78, 5) is 17.3. The van der Waals surface area contributed by atoms with Crippen molar-refractivity contribution < 1.29 is 27.4 Å². The van der Waals surface area contributed by atoms with Gasteiger partial charge in [0.1, 0.15) is 12.4 Å². The minimum atomic E-state index is -4.78. The number of nitrogens with zero attached hydrogens (tertiary/aromatic N) is 2. The summed E-state index contributed by atoms with van der Waals surface area (Å²) in [6.45, 7) is 4.43. The molecule has 6 nitrogen and oxygen atoms in total. The van der Waals surface area contributed by atoms with Gasteiger partial charge in [0.05, 0.1) is 11.3 Å². The van der Waals surface area contributed by atoms with Crippen LogP contribution in [0.1, 0.15) is 10.4 Å². The molecule has 1 saturated heterocycles. The van der Waals surface area contributed by atoms with E-state index in [0.29, 0.717) is 23.5 Å². The molecule has 0 unspecified atom stereocenters. The molecule has 0 spiro atoms. The molecular weight excluding hydrogens is 495 g/mol. The second-order valence-electron chi connectivity index (χ2n) is 8.05. The molecule has 0 amide bonds. The summed E-state index contributed by atoms with van der Waals surface area (Å²) in [6.07, 6.45) is -4.78. The van der Waals surface area contributed by atoms with Gasteiger partial charge in [0, 0.05) is 50.2 Å². The number of benzene rings is 3. The summed E-state index contributed by atoms with van der Waals surface area (Å²) < 4.78 is 47.0. The number of carbonyl (C=O) groups excluding carboxylic acids is 1. The minimum Gasteiger partial charge on any atom is -0.461 e. The largest absolute Gasteiger partial charge is 0.573 e. The molecule has 0 bridgehead atoms. The van der Waals surface area contributed by atoms with Crippen LogP contribution in [0.25, 0.3) is 0 Å². The van der Waals surface area contributed by atoms with Gasteiger partial charge in [0.15, 0.2) is 0 Å². The lowest BCUT2D eigenvalue weighted by Gasteiger charge is -2.35. The van der Waals surface area contributed by atoms with Crippen molar-refractivity contribution in [1.82, 2.24) is 4.90 Å². The number of anilines is 3. The normalized spacial score (nSPS) is 14.0. The molecule has 10 heteroatoms. The second kappa shape index (κ2) is 12.5. The highest BCUT2D eigenvalue weighted by Gasteiger charge is 2.31. The van der Waals surface area contributed by atoms with Gasteiger partial charge in [-0.15, -0.1) is 25.6 Å². The highest BCUT2D eigenvalue weighted by atomic mass is 35.5. The van der Waals surface area contributed by atoms with E-state index in [-0.39, 0.29) is 24.8 Å². The van der Waals surface area contributed by atoms with Crippen LogP contribution in [0.5, 0.6) is 5.75 Å². The van der Waals surface area contributed by atoms with Gasteiger partial charge in [-0.2, -0.15) is 0 Å². The Labute approximate surface area is 214 Å². The van der Waals surface area contributed by atoms with Crippen molar-refractivity contribution >= 4 is 35.4 Å². The minimum absolute atomic E-state index is 0. The highest BCUT2D eigenvalue weighted by molar-refractivity contribution is 5.96.